The molecule has 1 rings (SSSR count). The third-order valence-electron chi connectivity index (χ3n) is 1.90. The van der Waals surface area contributed by atoms with Crippen molar-refractivity contribution in [3.63, 3.8) is 0 Å². The topological polar surface area (TPSA) is 75.4 Å². The molecule has 0 aromatic heterocycles. The molecule has 0 aliphatic rings. The second-order valence-corrected chi connectivity index (χ2v) is 3.12. The van der Waals surface area contributed by atoms with E-state index in [0.717, 1.165) is 6.54 Å². The van der Waals surface area contributed by atoms with Crippen LogP contribution in [0, 0.1) is 22.0 Å². The van der Waals surface area contributed by atoms with Crippen LogP contribution in [0.25, 0.3) is 0 Å². The second-order valence-electron chi connectivity index (χ2n) is 3.12. The van der Waals surface area contributed by atoms with Gasteiger partial charge in [-0.2, -0.15) is 0 Å². The Hall–Kier alpha value is -2.06. The summed E-state index contributed by atoms with van der Waals surface area (Å²) in [5.74, 6) is 5.34. The minimum Gasteiger partial charge on any atom is -0.502 e. The van der Waals surface area contributed by atoms with Crippen molar-refractivity contribution in [2.24, 2.45) is 0 Å². The average molecular weight is 220 g/mol. The smallest absolute Gasteiger partial charge is 0.310 e. The fraction of sp³-hybridized carbons (Fsp3) is 0.273. The zero-order chi connectivity index (χ0) is 12.0. The minimum atomic E-state index is -0.631. The molecule has 0 fully saturated rings. The normalized spacial score (nSPS) is 9.31. The number of nitrogens with zero attached hydrogens (tertiary/aromatic N) is 1. The molecule has 0 atom stereocenters. The van der Waals surface area contributed by atoms with Crippen LogP contribution in [0.3, 0.4) is 0 Å². The fourth-order valence-corrected chi connectivity index (χ4v) is 1.11. The number of phenols is 1. The first kappa shape index (κ1) is 12.0. The number of benzene rings is 1. The van der Waals surface area contributed by atoms with Crippen LogP contribution in [0.4, 0.5) is 5.69 Å². The Morgan fingerprint density at radius 1 is 1.56 bits per heavy atom. The lowest BCUT2D eigenvalue weighted by Gasteiger charge is -1.95. The summed E-state index contributed by atoms with van der Waals surface area (Å²) in [7, 11) is 1.83. The Labute approximate surface area is 93.3 Å². The van der Waals surface area contributed by atoms with Gasteiger partial charge in [0, 0.05) is 30.7 Å². The van der Waals surface area contributed by atoms with Crippen molar-refractivity contribution in [1.82, 2.24) is 5.32 Å². The van der Waals surface area contributed by atoms with E-state index in [1.165, 1.54) is 18.2 Å². The molecule has 0 heterocycles. The van der Waals surface area contributed by atoms with Crippen LogP contribution in [-0.4, -0.2) is 23.6 Å². The summed E-state index contributed by atoms with van der Waals surface area (Å²) in [6.45, 7) is 0.784. The largest absolute Gasteiger partial charge is 0.502 e. The van der Waals surface area contributed by atoms with Crippen molar-refractivity contribution >= 4 is 5.69 Å². The van der Waals surface area contributed by atoms with Crippen molar-refractivity contribution in [3.8, 4) is 17.6 Å². The van der Waals surface area contributed by atoms with Crippen molar-refractivity contribution in [1.29, 1.82) is 0 Å². The molecule has 0 aliphatic carbocycles. The summed E-state index contributed by atoms with van der Waals surface area (Å²) in [5, 5.41) is 22.7. The van der Waals surface area contributed by atoms with Crippen LogP contribution in [0.15, 0.2) is 18.2 Å². The van der Waals surface area contributed by atoms with Gasteiger partial charge < -0.3 is 10.4 Å². The van der Waals surface area contributed by atoms with Gasteiger partial charge in [0.2, 0.25) is 0 Å². The van der Waals surface area contributed by atoms with E-state index in [-0.39, 0.29) is 11.4 Å². The number of phenolic OH excluding ortho intramolecular Hbond substituents is 1. The molecule has 2 N–H and O–H groups in total. The lowest BCUT2D eigenvalue weighted by Crippen LogP contribution is -2.05. The first-order chi connectivity index (χ1) is 7.65. The maximum Gasteiger partial charge on any atom is 0.310 e. The van der Waals surface area contributed by atoms with Gasteiger partial charge in [0.1, 0.15) is 0 Å². The molecule has 1 aromatic carbocycles. The Bertz CT molecular complexity index is 446. The highest BCUT2D eigenvalue weighted by Gasteiger charge is 2.11. The summed E-state index contributed by atoms with van der Waals surface area (Å²) in [6, 6.07) is 4.06. The van der Waals surface area contributed by atoms with Gasteiger partial charge in [0.25, 0.3) is 0 Å². The van der Waals surface area contributed by atoms with Gasteiger partial charge in [0.15, 0.2) is 5.75 Å². The van der Waals surface area contributed by atoms with E-state index in [0.29, 0.717) is 12.0 Å². The van der Waals surface area contributed by atoms with Gasteiger partial charge in [-0.3, -0.25) is 10.1 Å². The first-order valence-corrected chi connectivity index (χ1v) is 4.76. The predicted molar refractivity (Wildman–Crippen MR) is 60.2 cm³/mol. The van der Waals surface area contributed by atoms with Crippen molar-refractivity contribution in [3.05, 3.63) is 33.9 Å². The van der Waals surface area contributed by atoms with Crippen molar-refractivity contribution < 1.29 is 10.0 Å². The Morgan fingerprint density at radius 3 is 2.88 bits per heavy atom. The molecule has 0 unspecified atom stereocenters. The monoisotopic (exact) mass is 220 g/mol. The summed E-state index contributed by atoms with van der Waals surface area (Å²) >= 11 is 0. The number of nitrogens with one attached hydrogen (secondary N) is 1. The van der Waals surface area contributed by atoms with Gasteiger partial charge in [-0.15, -0.1) is 0 Å². The molecule has 0 amide bonds. The second kappa shape index (κ2) is 5.73. The van der Waals surface area contributed by atoms with Crippen LogP contribution in [-0.2, 0) is 0 Å². The zero-order valence-corrected chi connectivity index (χ0v) is 8.86. The maximum absolute atomic E-state index is 10.4. The molecule has 16 heavy (non-hydrogen) atoms. The molecule has 0 aliphatic heterocycles. The first-order valence-electron chi connectivity index (χ1n) is 4.76. The van der Waals surface area contributed by atoms with Crippen LogP contribution in [0.5, 0.6) is 5.75 Å². The van der Waals surface area contributed by atoms with Gasteiger partial charge in [-0.25, -0.2) is 0 Å². The lowest BCUT2D eigenvalue weighted by molar-refractivity contribution is -0.385. The predicted octanol–water partition coefficient (Wildman–Crippen LogP) is 1.26. The number of nitro groups is 1. The molecule has 5 nitrogen and oxygen atoms in total. The zero-order valence-electron chi connectivity index (χ0n) is 8.86. The van der Waals surface area contributed by atoms with E-state index in [2.05, 4.69) is 17.2 Å². The number of rotatable bonds is 3. The average Bonchev–Trinajstić information content (AvgIpc) is 2.24. The molecule has 0 saturated carbocycles. The highest BCUT2D eigenvalue weighted by Crippen LogP contribution is 2.25. The molecular formula is C11H12N2O3. The van der Waals surface area contributed by atoms with Crippen LogP contribution < -0.4 is 5.32 Å². The van der Waals surface area contributed by atoms with E-state index in [1.54, 1.807) is 0 Å². The SMILES string of the molecule is CNCCC#Cc1ccc([N+](=O)[O-])c(O)c1. The number of nitro benzene ring substituents is 1. The molecule has 0 radical (unpaired) electrons. The number of hydrogen-bond donors (Lipinski definition) is 2. The summed E-state index contributed by atoms with van der Waals surface area (Å²) in [5.41, 5.74) is 0.264. The Morgan fingerprint density at radius 2 is 2.31 bits per heavy atom. The van der Waals surface area contributed by atoms with Gasteiger partial charge in [0.05, 0.1) is 4.92 Å². The van der Waals surface area contributed by atoms with Gasteiger partial charge >= 0.3 is 5.69 Å². The molecule has 84 valence electrons. The quantitative estimate of drug-likeness (QED) is 0.348. The third-order valence-corrected chi connectivity index (χ3v) is 1.90. The Kier molecular flexibility index (Phi) is 4.30. The molecule has 5 heteroatoms. The lowest BCUT2D eigenvalue weighted by atomic mass is 10.2. The van der Waals surface area contributed by atoms with E-state index >= 15 is 0 Å². The Balaban J connectivity index is 2.80. The highest BCUT2D eigenvalue weighted by atomic mass is 16.6. The molecule has 0 bridgehead atoms. The molecule has 1 aromatic rings. The van der Waals surface area contributed by atoms with Gasteiger partial charge in [-0.1, -0.05) is 11.8 Å². The number of hydrogen-bond acceptors (Lipinski definition) is 4. The minimum absolute atomic E-state index is 0.305. The summed E-state index contributed by atoms with van der Waals surface area (Å²) < 4.78 is 0. The standard InChI is InChI=1S/C11H12N2O3/c1-12-7-3-2-4-9-5-6-10(13(15)16)11(14)8-9/h5-6,8,12,14H,3,7H2,1H3. The van der Waals surface area contributed by atoms with Crippen LogP contribution >= 0.6 is 0 Å². The molecule has 0 spiro atoms. The molecular weight excluding hydrogens is 208 g/mol. The van der Waals surface area contributed by atoms with Crippen LogP contribution in [0.2, 0.25) is 0 Å². The maximum atomic E-state index is 10.4. The van der Waals surface area contributed by atoms with E-state index < -0.39 is 4.92 Å². The fourth-order valence-electron chi connectivity index (χ4n) is 1.11. The van der Waals surface area contributed by atoms with Gasteiger partial charge in [-0.05, 0) is 13.1 Å². The summed E-state index contributed by atoms with van der Waals surface area (Å²) in [6.07, 6.45) is 0.689. The highest BCUT2D eigenvalue weighted by molar-refractivity contribution is 5.51. The molecule has 0 saturated heterocycles. The van der Waals surface area contributed by atoms with Crippen molar-refractivity contribution in [2.75, 3.05) is 13.6 Å². The third kappa shape index (κ3) is 3.26. The van der Waals surface area contributed by atoms with E-state index in [4.69, 9.17) is 0 Å². The van der Waals surface area contributed by atoms with E-state index in [1.807, 2.05) is 7.05 Å². The summed E-state index contributed by atoms with van der Waals surface area (Å²) in [4.78, 5) is 9.80. The number of aromatic hydroxyl groups is 1. The van der Waals surface area contributed by atoms with E-state index in [9.17, 15) is 15.2 Å². The van der Waals surface area contributed by atoms with Crippen molar-refractivity contribution in [2.45, 2.75) is 6.42 Å². The van der Waals surface area contributed by atoms with Crippen LogP contribution in [0.1, 0.15) is 12.0 Å².